The Labute approximate surface area is 112 Å². The number of amides is 1. The second-order valence-electron chi connectivity index (χ2n) is 3.91. The molecule has 1 aromatic rings. The maximum Gasteiger partial charge on any atom is 0.239 e. The van der Waals surface area contributed by atoms with Crippen molar-refractivity contribution < 1.29 is 4.79 Å². The molecule has 1 rings (SSSR count). The Balaban J connectivity index is 2.81. The second kappa shape index (κ2) is 6.00. The molecule has 0 bridgehead atoms. The average molecular weight is 326 g/mol. The number of hydrogen-bond donors (Lipinski definition) is 2. The summed E-state index contributed by atoms with van der Waals surface area (Å²) in [7, 11) is 0. The molecule has 0 aliphatic heterocycles. The van der Waals surface area contributed by atoms with E-state index >= 15 is 0 Å². The van der Waals surface area contributed by atoms with E-state index in [1.807, 2.05) is 6.07 Å². The molecule has 16 heavy (non-hydrogen) atoms. The average Bonchev–Trinajstić information content (AvgIpc) is 2.46. The van der Waals surface area contributed by atoms with Crippen molar-refractivity contribution in [3.63, 3.8) is 0 Å². The first-order chi connectivity index (χ1) is 7.41. The van der Waals surface area contributed by atoms with Crippen LogP contribution in [0.3, 0.4) is 0 Å². The molecule has 0 saturated carbocycles. The van der Waals surface area contributed by atoms with Crippen LogP contribution in [0.5, 0.6) is 0 Å². The minimum Gasteiger partial charge on any atom is -0.368 e. The summed E-state index contributed by atoms with van der Waals surface area (Å²) in [6.45, 7) is 4.88. The zero-order valence-corrected chi connectivity index (χ0v) is 12.2. The molecule has 0 aromatic carbocycles. The van der Waals surface area contributed by atoms with Crippen LogP contribution in [-0.4, -0.2) is 12.5 Å². The van der Waals surface area contributed by atoms with Crippen molar-refractivity contribution in [1.82, 2.24) is 5.32 Å². The first-order valence-electron chi connectivity index (χ1n) is 4.89. The zero-order valence-electron chi connectivity index (χ0n) is 9.09. The van der Waals surface area contributed by atoms with Crippen LogP contribution in [0.2, 0.25) is 4.34 Å². The lowest BCUT2D eigenvalue weighted by atomic mass is 10.2. The van der Waals surface area contributed by atoms with Crippen LogP contribution in [0, 0.1) is 5.92 Å². The van der Waals surface area contributed by atoms with Gasteiger partial charge in [-0.25, -0.2) is 0 Å². The van der Waals surface area contributed by atoms with E-state index in [1.165, 1.54) is 11.3 Å². The molecule has 1 atom stereocenters. The summed E-state index contributed by atoms with van der Waals surface area (Å²) < 4.78 is 1.43. The molecular formula is C10H14BrClN2OS. The summed E-state index contributed by atoms with van der Waals surface area (Å²) in [5, 5.41) is 3.13. The smallest absolute Gasteiger partial charge is 0.239 e. The third-order valence-corrected chi connectivity index (χ3v) is 4.50. The topological polar surface area (TPSA) is 55.1 Å². The largest absolute Gasteiger partial charge is 0.368 e. The third-order valence-electron chi connectivity index (χ3n) is 1.96. The Morgan fingerprint density at radius 1 is 1.69 bits per heavy atom. The van der Waals surface area contributed by atoms with Crippen LogP contribution in [0.15, 0.2) is 10.5 Å². The van der Waals surface area contributed by atoms with Gasteiger partial charge in [0.25, 0.3) is 0 Å². The summed E-state index contributed by atoms with van der Waals surface area (Å²) >= 11 is 10.6. The lowest BCUT2D eigenvalue weighted by Gasteiger charge is -2.15. The predicted octanol–water partition coefficient (Wildman–Crippen LogP) is 2.94. The lowest BCUT2D eigenvalue weighted by molar-refractivity contribution is -0.120. The highest BCUT2D eigenvalue weighted by Crippen LogP contribution is 2.35. The number of halogens is 2. The summed E-state index contributed by atoms with van der Waals surface area (Å²) in [6.07, 6.45) is 0. The quantitative estimate of drug-likeness (QED) is 0.874. The van der Waals surface area contributed by atoms with E-state index in [0.29, 0.717) is 10.3 Å². The molecule has 1 unspecified atom stereocenters. The molecule has 0 aliphatic carbocycles. The number of nitrogens with two attached hydrogens (primary N) is 1. The minimum atomic E-state index is -0.462. The standard InChI is InChI=1S/C10H14BrClN2OS/c1-5(2)4-14-8(10(13)15)7-3-6(11)9(12)16-7/h3,5,8,14H,4H2,1-2H3,(H2,13,15). The molecule has 0 fully saturated rings. The van der Waals surface area contributed by atoms with Gasteiger partial charge in [-0.3, -0.25) is 4.79 Å². The van der Waals surface area contributed by atoms with Crippen molar-refractivity contribution in [2.45, 2.75) is 19.9 Å². The molecule has 90 valence electrons. The monoisotopic (exact) mass is 324 g/mol. The highest BCUT2D eigenvalue weighted by Gasteiger charge is 2.20. The number of rotatable bonds is 5. The fourth-order valence-corrected chi connectivity index (χ4v) is 3.02. The molecule has 1 aromatic heterocycles. The van der Waals surface area contributed by atoms with Gasteiger partial charge < -0.3 is 11.1 Å². The van der Waals surface area contributed by atoms with Gasteiger partial charge in [-0.1, -0.05) is 25.4 Å². The number of nitrogens with one attached hydrogen (secondary N) is 1. The molecule has 3 nitrogen and oxygen atoms in total. The van der Waals surface area contributed by atoms with E-state index in [-0.39, 0.29) is 5.91 Å². The van der Waals surface area contributed by atoms with Crippen LogP contribution in [0.1, 0.15) is 24.8 Å². The van der Waals surface area contributed by atoms with Crippen molar-refractivity contribution in [2.24, 2.45) is 11.7 Å². The van der Waals surface area contributed by atoms with Gasteiger partial charge in [0.2, 0.25) is 5.91 Å². The van der Waals surface area contributed by atoms with Gasteiger partial charge in [0.05, 0.1) is 0 Å². The highest BCUT2D eigenvalue weighted by molar-refractivity contribution is 9.10. The van der Waals surface area contributed by atoms with Gasteiger partial charge in [-0.05, 0) is 34.5 Å². The maximum absolute atomic E-state index is 11.3. The van der Waals surface area contributed by atoms with Gasteiger partial charge in [0.1, 0.15) is 10.4 Å². The fourth-order valence-electron chi connectivity index (χ4n) is 1.20. The van der Waals surface area contributed by atoms with Crippen LogP contribution in [0.4, 0.5) is 0 Å². The summed E-state index contributed by atoms with van der Waals surface area (Å²) in [4.78, 5) is 12.2. The third kappa shape index (κ3) is 3.73. The highest BCUT2D eigenvalue weighted by atomic mass is 79.9. The Morgan fingerprint density at radius 3 is 2.69 bits per heavy atom. The predicted molar refractivity (Wildman–Crippen MR) is 71.8 cm³/mol. The molecule has 3 N–H and O–H groups in total. The minimum absolute atomic E-state index is 0.383. The van der Waals surface area contributed by atoms with Crippen LogP contribution in [0.25, 0.3) is 0 Å². The van der Waals surface area contributed by atoms with Crippen LogP contribution in [-0.2, 0) is 4.79 Å². The Bertz CT molecular complexity index is 361. The normalized spacial score (nSPS) is 13.1. The van der Waals surface area contributed by atoms with Gasteiger partial charge in [-0.15, -0.1) is 11.3 Å². The van der Waals surface area contributed by atoms with Gasteiger partial charge in [0, 0.05) is 9.35 Å². The van der Waals surface area contributed by atoms with Crippen LogP contribution < -0.4 is 11.1 Å². The maximum atomic E-state index is 11.3. The van der Waals surface area contributed by atoms with Crippen molar-refractivity contribution >= 4 is 44.8 Å². The SMILES string of the molecule is CC(C)CNC(C(N)=O)c1cc(Br)c(Cl)s1. The van der Waals surface area contributed by atoms with E-state index in [4.69, 9.17) is 17.3 Å². The molecular weight excluding hydrogens is 312 g/mol. The van der Waals surface area contributed by atoms with Gasteiger partial charge >= 0.3 is 0 Å². The van der Waals surface area contributed by atoms with Gasteiger partial charge in [-0.2, -0.15) is 0 Å². The van der Waals surface area contributed by atoms with Crippen molar-refractivity contribution in [2.75, 3.05) is 6.54 Å². The number of carbonyl (C=O) groups is 1. The number of primary amides is 1. The molecule has 0 spiro atoms. The van der Waals surface area contributed by atoms with E-state index in [2.05, 4.69) is 35.1 Å². The first kappa shape index (κ1) is 14.0. The molecule has 6 heteroatoms. The van der Waals surface area contributed by atoms with Crippen molar-refractivity contribution in [1.29, 1.82) is 0 Å². The Morgan fingerprint density at radius 2 is 2.31 bits per heavy atom. The summed E-state index contributed by atoms with van der Waals surface area (Å²) in [5.41, 5.74) is 5.36. The number of hydrogen-bond acceptors (Lipinski definition) is 3. The van der Waals surface area contributed by atoms with Crippen molar-refractivity contribution in [3.8, 4) is 0 Å². The zero-order chi connectivity index (χ0) is 12.3. The number of carbonyl (C=O) groups excluding carboxylic acids is 1. The fraction of sp³-hybridized carbons (Fsp3) is 0.500. The van der Waals surface area contributed by atoms with Gasteiger partial charge in [0.15, 0.2) is 0 Å². The molecule has 0 radical (unpaired) electrons. The first-order valence-corrected chi connectivity index (χ1v) is 6.88. The van der Waals surface area contributed by atoms with Crippen molar-refractivity contribution in [3.05, 3.63) is 19.8 Å². The van der Waals surface area contributed by atoms with E-state index in [0.717, 1.165) is 15.9 Å². The van der Waals surface area contributed by atoms with E-state index < -0.39 is 6.04 Å². The lowest BCUT2D eigenvalue weighted by Crippen LogP contribution is -2.35. The number of thiophene rings is 1. The molecule has 0 aliphatic rings. The van der Waals surface area contributed by atoms with Crippen LogP contribution >= 0.6 is 38.9 Å². The summed E-state index contributed by atoms with van der Waals surface area (Å²) in [6, 6.07) is 1.37. The Hall–Kier alpha value is -0.100. The molecule has 1 amide bonds. The summed E-state index contributed by atoms with van der Waals surface area (Å²) in [5.74, 6) is 0.0757. The second-order valence-corrected chi connectivity index (χ2v) is 6.45. The molecule has 1 heterocycles. The van der Waals surface area contributed by atoms with E-state index in [9.17, 15) is 4.79 Å². The Kier molecular flexibility index (Phi) is 5.24. The van der Waals surface area contributed by atoms with E-state index in [1.54, 1.807) is 0 Å². The molecule has 0 saturated heterocycles.